The number of anilines is 1. The third-order valence-electron chi connectivity index (χ3n) is 8.01. The predicted molar refractivity (Wildman–Crippen MR) is 171 cm³/mol. The molecular formula is C33H36ClFN6O3. The number of benzene rings is 1. The molecule has 9 nitrogen and oxygen atoms in total. The molecule has 5 rings (SSSR count). The largest absolute Gasteiger partial charge is 0.380 e. The van der Waals surface area contributed by atoms with Gasteiger partial charge in [-0.3, -0.25) is 9.78 Å². The van der Waals surface area contributed by atoms with E-state index in [9.17, 15) is 9.59 Å². The van der Waals surface area contributed by atoms with E-state index in [2.05, 4.69) is 16.5 Å². The Kier molecular flexibility index (Phi) is 8.85. The standard InChI is InChI=1S/C33H36ClFN6O3/c1-8-26(42)39-15-20(5)40(21(6)16-39)32-23-14-24(34)29(27-22(17-44-7)10-9-11-25(27)35)37-31(23)41(33(43)38-32)30-19(4)12-13-36-28(30)18(2)3/h8-14,18,20-21H,1,15-17H2,2-7H3/t20-,21-/m0/s1. The van der Waals surface area contributed by atoms with Crippen molar-refractivity contribution in [2.24, 2.45) is 0 Å². The van der Waals surface area contributed by atoms with Crippen molar-refractivity contribution in [2.75, 3.05) is 25.1 Å². The number of carbonyl (C=O) groups is 1. The zero-order valence-corrected chi connectivity index (χ0v) is 26.5. The lowest BCUT2D eigenvalue weighted by molar-refractivity contribution is -0.127. The van der Waals surface area contributed by atoms with Gasteiger partial charge in [-0.15, -0.1) is 0 Å². The quantitative estimate of drug-likeness (QED) is 0.241. The van der Waals surface area contributed by atoms with Crippen LogP contribution in [0.4, 0.5) is 10.2 Å². The minimum atomic E-state index is -0.555. The minimum Gasteiger partial charge on any atom is -0.380 e. The van der Waals surface area contributed by atoms with Gasteiger partial charge >= 0.3 is 5.69 Å². The van der Waals surface area contributed by atoms with Crippen molar-refractivity contribution < 1.29 is 13.9 Å². The summed E-state index contributed by atoms with van der Waals surface area (Å²) in [5.41, 5.74) is 2.75. The van der Waals surface area contributed by atoms with Gasteiger partial charge in [0.1, 0.15) is 11.6 Å². The summed E-state index contributed by atoms with van der Waals surface area (Å²) in [4.78, 5) is 44.6. The molecule has 1 aliphatic heterocycles. The van der Waals surface area contributed by atoms with E-state index in [0.29, 0.717) is 41.2 Å². The number of aryl methyl sites for hydroxylation is 1. The van der Waals surface area contributed by atoms with Gasteiger partial charge in [0.05, 0.1) is 34.1 Å². The average Bonchev–Trinajstić information content (AvgIpc) is 2.97. The monoisotopic (exact) mass is 618 g/mol. The fourth-order valence-electron chi connectivity index (χ4n) is 6.12. The van der Waals surface area contributed by atoms with Gasteiger partial charge < -0.3 is 14.5 Å². The number of aromatic nitrogens is 4. The second-order valence-corrected chi connectivity index (χ2v) is 11.9. The number of carbonyl (C=O) groups excluding carboxylic acids is 1. The van der Waals surface area contributed by atoms with Crippen LogP contribution in [-0.4, -0.2) is 62.6 Å². The summed E-state index contributed by atoms with van der Waals surface area (Å²) in [6, 6.07) is 7.84. The van der Waals surface area contributed by atoms with Crippen LogP contribution in [0.3, 0.4) is 0 Å². The number of ether oxygens (including phenoxy) is 1. The van der Waals surface area contributed by atoms with E-state index in [-0.39, 0.29) is 52.4 Å². The van der Waals surface area contributed by atoms with Crippen molar-refractivity contribution in [1.29, 1.82) is 0 Å². The Labute approximate surface area is 261 Å². The fourth-order valence-corrected chi connectivity index (χ4v) is 6.37. The zero-order valence-electron chi connectivity index (χ0n) is 25.8. The van der Waals surface area contributed by atoms with Gasteiger partial charge in [0.2, 0.25) is 5.91 Å². The van der Waals surface area contributed by atoms with E-state index >= 15 is 4.39 Å². The third kappa shape index (κ3) is 5.48. The molecule has 0 spiro atoms. The van der Waals surface area contributed by atoms with Gasteiger partial charge in [0, 0.05) is 44.0 Å². The molecule has 0 aliphatic carbocycles. The molecular weight excluding hydrogens is 583 g/mol. The van der Waals surface area contributed by atoms with Crippen molar-refractivity contribution in [3.05, 3.63) is 87.3 Å². The Balaban J connectivity index is 1.86. The number of piperazine rings is 1. The number of halogens is 2. The fraction of sp³-hybridized carbons (Fsp3) is 0.364. The maximum absolute atomic E-state index is 15.5. The van der Waals surface area contributed by atoms with Gasteiger partial charge in [-0.1, -0.05) is 44.2 Å². The van der Waals surface area contributed by atoms with Crippen molar-refractivity contribution in [3.63, 3.8) is 0 Å². The van der Waals surface area contributed by atoms with E-state index in [4.69, 9.17) is 21.3 Å². The van der Waals surface area contributed by atoms with Crippen molar-refractivity contribution in [3.8, 4) is 16.9 Å². The number of methoxy groups -OCH3 is 1. The number of pyridine rings is 2. The Morgan fingerprint density at radius 2 is 1.91 bits per heavy atom. The first-order chi connectivity index (χ1) is 21.0. The predicted octanol–water partition coefficient (Wildman–Crippen LogP) is 5.83. The zero-order chi connectivity index (χ0) is 31.9. The molecule has 0 radical (unpaired) electrons. The Bertz CT molecular complexity index is 1810. The summed E-state index contributed by atoms with van der Waals surface area (Å²) in [5.74, 6) is -0.294. The molecule has 0 bridgehead atoms. The average molecular weight is 619 g/mol. The lowest BCUT2D eigenvalue weighted by Gasteiger charge is -2.45. The molecule has 1 amide bonds. The molecule has 11 heteroatoms. The highest BCUT2D eigenvalue weighted by Crippen LogP contribution is 2.38. The summed E-state index contributed by atoms with van der Waals surface area (Å²) in [7, 11) is 1.53. The molecule has 4 heterocycles. The Morgan fingerprint density at radius 1 is 1.20 bits per heavy atom. The highest BCUT2D eigenvalue weighted by molar-refractivity contribution is 6.34. The maximum Gasteiger partial charge on any atom is 0.355 e. The molecule has 3 aromatic heterocycles. The van der Waals surface area contributed by atoms with Crippen molar-refractivity contribution in [1.82, 2.24) is 24.4 Å². The van der Waals surface area contributed by atoms with E-state index in [1.54, 1.807) is 29.3 Å². The summed E-state index contributed by atoms with van der Waals surface area (Å²) >= 11 is 6.92. The second-order valence-electron chi connectivity index (χ2n) is 11.5. The van der Waals surface area contributed by atoms with Crippen LogP contribution in [0.5, 0.6) is 0 Å². The molecule has 1 fully saturated rings. The first kappa shape index (κ1) is 31.3. The molecule has 0 N–H and O–H groups in total. The van der Waals surface area contributed by atoms with Crippen LogP contribution in [0.1, 0.15) is 50.4 Å². The topological polar surface area (TPSA) is 93.5 Å². The lowest BCUT2D eigenvalue weighted by Crippen LogP contribution is -2.58. The summed E-state index contributed by atoms with van der Waals surface area (Å²) in [6.45, 7) is 14.4. The highest BCUT2D eigenvalue weighted by atomic mass is 35.5. The van der Waals surface area contributed by atoms with Gasteiger partial charge in [0.15, 0.2) is 5.65 Å². The van der Waals surface area contributed by atoms with Crippen LogP contribution in [0.2, 0.25) is 5.02 Å². The van der Waals surface area contributed by atoms with Crippen molar-refractivity contribution in [2.45, 2.75) is 59.2 Å². The number of nitrogens with zero attached hydrogens (tertiary/aromatic N) is 6. The summed E-state index contributed by atoms with van der Waals surface area (Å²) < 4.78 is 22.3. The van der Waals surface area contributed by atoms with Crippen LogP contribution in [0, 0.1) is 12.7 Å². The molecule has 2 atom stereocenters. The molecule has 1 saturated heterocycles. The summed E-state index contributed by atoms with van der Waals surface area (Å²) in [5, 5.41) is 0.712. The SMILES string of the molecule is C=CC(=O)N1C[C@H](C)N(c2nc(=O)n(-c3c(C)ccnc3C(C)C)c3nc(-c4c(F)cccc4COC)c(Cl)cc23)[C@@H](C)C1. The van der Waals surface area contributed by atoms with E-state index < -0.39 is 11.5 Å². The smallest absolute Gasteiger partial charge is 0.355 e. The minimum absolute atomic E-state index is 0.0197. The molecule has 0 unspecified atom stereocenters. The Hall–Kier alpha value is -4.15. The molecule has 44 heavy (non-hydrogen) atoms. The van der Waals surface area contributed by atoms with Crippen molar-refractivity contribution >= 4 is 34.4 Å². The number of hydrogen-bond donors (Lipinski definition) is 0. The first-order valence-corrected chi connectivity index (χ1v) is 14.9. The van der Waals surface area contributed by atoms with Crippen LogP contribution in [0.15, 0.2) is 54.0 Å². The highest BCUT2D eigenvalue weighted by Gasteiger charge is 2.34. The van der Waals surface area contributed by atoms with E-state index in [1.165, 1.54) is 23.8 Å². The van der Waals surface area contributed by atoms with Crippen LogP contribution in [-0.2, 0) is 16.1 Å². The van der Waals surface area contributed by atoms with E-state index in [1.807, 2.05) is 45.6 Å². The maximum atomic E-state index is 15.5. The van der Waals surface area contributed by atoms with Crippen LogP contribution in [0.25, 0.3) is 28.0 Å². The molecule has 4 aromatic rings. The van der Waals surface area contributed by atoms with Crippen LogP contribution >= 0.6 is 11.6 Å². The summed E-state index contributed by atoms with van der Waals surface area (Å²) in [6.07, 6.45) is 3.01. The van der Waals surface area contributed by atoms with Gasteiger partial charge in [-0.25, -0.2) is 18.7 Å². The number of fused-ring (bicyclic) bond motifs is 1. The van der Waals surface area contributed by atoms with E-state index in [0.717, 1.165) is 5.56 Å². The molecule has 1 aliphatic rings. The molecule has 1 aromatic carbocycles. The number of rotatable bonds is 7. The normalized spacial score (nSPS) is 17.0. The first-order valence-electron chi connectivity index (χ1n) is 14.5. The number of hydrogen-bond acceptors (Lipinski definition) is 7. The Morgan fingerprint density at radius 3 is 2.55 bits per heavy atom. The third-order valence-corrected chi connectivity index (χ3v) is 8.30. The lowest BCUT2D eigenvalue weighted by atomic mass is 10.0. The second kappa shape index (κ2) is 12.5. The van der Waals surface area contributed by atoms with Crippen LogP contribution < -0.4 is 10.6 Å². The van der Waals surface area contributed by atoms with Gasteiger partial charge in [-0.05, 0) is 62.1 Å². The van der Waals surface area contributed by atoms with Gasteiger partial charge in [-0.2, -0.15) is 4.98 Å². The van der Waals surface area contributed by atoms with Gasteiger partial charge in [0.25, 0.3) is 0 Å². The molecule has 230 valence electrons. The molecule has 0 saturated carbocycles. The number of amides is 1.